The van der Waals surface area contributed by atoms with E-state index >= 15 is 0 Å². The first-order valence-electron chi connectivity index (χ1n) is 5.70. The van der Waals surface area contributed by atoms with Gasteiger partial charge in [0.1, 0.15) is 0 Å². The van der Waals surface area contributed by atoms with Crippen LogP contribution in [0.4, 0.5) is 0 Å². The van der Waals surface area contributed by atoms with Crippen LogP contribution in [0.25, 0.3) is 0 Å². The van der Waals surface area contributed by atoms with Gasteiger partial charge in [0.2, 0.25) is 0 Å². The summed E-state index contributed by atoms with van der Waals surface area (Å²) in [7, 11) is 1.62. The number of methoxy groups -OCH3 is 1. The number of hydrogen-bond donors (Lipinski definition) is 1. The SMILES string of the molecule is CC[C@H](C/C=C/OC)c1ccc(C(=O)O)cc1. The van der Waals surface area contributed by atoms with Crippen molar-refractivity contribution in [2.75, 3.05) is 7.11 Å². The van der Waals surface area contributed by atoms with Crippen molar-refractivity contribution in [2.24, 2.45) is 0 Å². The van der Waals surface area contributed by atoms with E-state index in [2.05, 4.69) is 6.92 Å². The Hall–Kier alpha value is -1.77. The van der Waals surface area contributed by atoms with E-state index in [9.17, 15) is 4.79 Å². The largest absolute Gasteiger partial charge is 0.505 e. The molecule has 0 aromatic heterocycles. The van der Waals surface area contributed by atoms with E-state index in [0.717, 1.165) is 12.8 Å². The van der Waals surface area contributed by atoms with Gasteiger partial charge in [0.05, 0.1) is 18.9 Å². The summed E-state index contributed by atoms with van der Waals surface area (Å²) in [6.07, 6.45) is 5.57. The third kappa shape index (κ3) is 3.94. The van der Waals surface area contributed by atoms with Crippen LogP contribution in [-0.4, -0.2) is 18.2 Å². The van der Waals surface area contributed by atoms with Crippen molar-refractivity contribution in [3.8, 4) is 0 Å². The Kier molecular flexibility index (Phi) is 5.27. The van der Waals surface area contributed by atoms with Gasteiger partial charge in [-0.1, -0.05) is 19.1 Å². The van der Waals surface area contributed by atoms with Gasteiger partial charge in [-0.05, 0) is 42.5 Å². The second kappa shape index (κ2) is 6.74. The summed E-state index contributed by atoms with van der Waals surface area (Å²) in [5.74, 6) is -0.479. The first kappa shape index (κ1) is 13.3. The molecular weight excluding hydrogens is 216 g/mol. The van der Waals surface area contributed by atoms with Gasteiger partial charge < -0.3 is 9.84 Å². The van der Waals surface area contributed by atoms with Crippen molar-refractivity contribution in [3.63, 3.8) is 0 Å². The Labute approximate surface area is 102 Å². The van der Waals surface area contributed by atoms with Crippen LogP contribution in [0.2, 0.25) is 0 Å². The Morgan fingerprint density at radius 1 is 1.41 bits per heavy atom. The van der Waals surface area contributed by atoms with Crippen molar-refractivity contribution in [1.82, 2.24) is 0 Å². The monoisotopic (exact) mass is 234 g/mol. The summed E-state index contributed by atoms with van der Waals surface area (Å²) in [5.41, 5.74) is 1.49. The molecule has 1 aromatic rings. The van der Waals surface area contributed by atoms with Gasteiger partial charge in [-0.3, -0.25) is 0 Å². The Morgan fingerprint density at radius 3 is 2.53 bits per heavy atom. The Balaban J connectivity index is 2.75. The van der Waals surface area contributed by atoms with Crippen molar-refractivity contribution in [3.05, 3.63) is 47.7 Å². The summed E-state index contributed by atoms with van der Waals surface area (Å²) in [6, 6.07) is 7.08. The van der Waals surface area contributed by atoms with Gasteiger partial charge >= 0.3 is 5.97 Å². The van der Waals surface area contributed by atoms with Crippen molar-refractivity contribution >= 4 is 5.97 Å². The van der Waals surface area contributed by atoms with Crippen molar-refractivity contribution in [2.45, 2.75) is 25.7 Å². The van der Waals surface area contributed by atoms with Crippen molar-refractivity contribution in [1.29, 1.82) is 0 Å². The van der Waals surface area contributed by atoms with Crippen molar-refractivity contribution < 1.29 is 14.6 Å². The topological polar surface area (TPSA) is 46.5 Å². The Morgan fingerprint density at radius 2 is 2.06 bits per heavy atom. The fourth-order valence-electron chi connectivity index (χ4n) is 1.75. The van der Waals surface area contributed by atoms with Crippen LogP contribution in [0.5, 0.6) is 0 Å². The normalized spacial score (nSPS) is 12.6. The lowest BCUT2D eigenvalue weighted by Crippen LogP contribution is -1.99. The highest BCUT2D eigenvalue weighted by atomic mass is 16.5. The Bertz CT molecular complexity index is 379. The number of hydrogen-bond acceptors (Lipinski definition) is 2. The first-order chi connectivity index (χ1) is 8.19. The predicted molar refractivity (Wildman–Crippen MR) is 67.2 cm³/mol. The molecule has 0 saturated carbocycles. The molecule has 17 heavy (non-hydrogen) atoms. The maximum Gasteiger partial charge on any atom is 0.335 e. The zero-order chi connectivity index (χ0) is 12.7. The fourth-order valence-corrected chi connectivity index (χ4v) is 1.75. The smallest absolute Gasteiger partial charge is 0.335 e. The lowest BCUT2D eigenvalue weighted by Gasteiger charge is -2.13. The van der Waals surface area contributed by atoms with Crippen LogP contribution in [0.15, 0.2) is 36.6 Å². The molecule has 0 aliphatic carbocycles. The predicted octanol–water partition coefficient (Wildman–Crippen LogP) is 3.43. The molecule has 0 amide bonds. The van der Waals surface area contributed by atoms with Crippen LogP contribution >= 0.6 is 0 Å². The maximum atomic E-state index is 10.7. The highest BCUT2D eigenvalue weighted by molar-refractivity contribution is 5.87. The van der Waals surface area contributed by atoms with E-state index in [0.29, 0.717) is 11.5 Å². The van der Waals surface area contributed by atoms with Crippen LogP contribution in [0, 0.1) is 0 Å². The molecule has 0 bridgehead atoms. The highest BCUT2D eigenvalue weighted by Crippen LogP contribution is 2.24. The van der Waals surface area contributed by atoms with Crippen LogP contribution in [-0.2, 0) is 4.74 Å². The molecule has 1 rings (SSSR count). The van der Waals surface area contributed by atoms with Crippen LogP contribution in [0.1, 0.15) is 41.6 Å². The standard InChI is InChI=1S/C14H18O3/c1-3-11(5-4-10-17-2)12-6-8-13(9-7-12)14(15)16/h4,6-11H,3,5H2,1-2H3,(H,15,16)/b10-4+/t11-/m1/s1. The zero-order valence-electron chi connectivity index (χ0n) is 10.2. The molecule has 0 fully saturated rings. The lowest BCUT2D eigenvalue weighted by molar-refractivity contribution is 0.0697. The number of carboxylic acid groups (broad SMARTS) is 1. The quantitative estimate of drug-likeness (QED) is 0.767. The molecule has 0 saturated heterocycles. The molecule has 0 aliphatic heterocycles. The summed E-state index contributed by atoms with van der Waals surface area (Å²) in [6.45, 7) is 2.12. The van der Waals surface area contributed by atoms with Gasteiger partial charge in [-0.25, -0.2) is 4.79 Å². The van der Waals surface area contributed by atoms with E-state index in [-0.39, 0.29) is 0 Å². The van der Waals surface area contributed by atoms with E-state index in [1.165, 1.54) is 5.56 Å². The minimum atomic E-state index is -0.885. The minimum Gasteiger partial charge on any atom is -0.505 e. The number of aromatic carboxylic acids is 1. The highest BCUT2D eigenvalue weighted by Gasteiger charge is 2.09. The molecule has 3 heteroatoms. The van der Waals surface area contributed by atoms with Gasteiger partial charge in [0.25, 0.3) is 0 Å². The second-order valence-corrected chi connectivity index (χ2v) is 3.88. The number of ether oxygens (including phenoxy) is 1. The molecule has 1 N–H and O–H groups in total. The number of carboxylic acids is 1. The summed E-state index contributed by atoms with van der Waals surface area (Å²) in [5, 5.41) is 8.82. The van der Waals surface area contributed by atoms with E-state index in [1.807, 2.05) is 18.2 Å². The average molecular weight is 234 g/mol. The summed E-state index contributed by atoms with van der Waals surface area (Å²) >= 11 is 0. The van der Waals surface area contributed by atoms with E-state index < -0.39 is 5.97 Å². The summed E-state index contributed by atoms with van der Waals surface area (Å²) < 4.78 is 4.86. The lowest BCUT2D eigenvalue weighted by atomic mass is 9.92. The molecule has 0 aliphatic rings. The second-order valence-electron chi connectivity index (χ2n) is 3.88. The molecule has 0 heterocycles. The number of rotatable bonds is 6. The molecular formula is C14H18O3. The fraction of sp³-hybridized carbons (Fsp3) is 0.357. The van der Waals surface area contributed by atoms with E-state index in [4.69, 9.17) is 9.84 Å². The molecule has 1 atom stereocenters. The molecule has 3 nitrogen and oxygen atoms in total. The van der Waals surface area contributed by atoms with Gasteiger partial charge in [-0.2, -0.15) is 0 Å². The van der Waals surface area contributed by atoms with Gasteiger partial charge in [-0.15, -0.1) is 0 Å². The molecule has 0 spiro atoms. The van der Waals surface area contributed by atoms with Gasteiger partial charge in [0.15, 0.2) is 0 Å². The molecule has 1 aromatic carbocycles. The number of carbonyl (C=O) groups is 1. The molecule has 0 unspecified atom stereocenters. The third-order valence-corrected chi connectivity index (χ3v) is 2.77. The van der Waals surface area contributed by atoms with Crippen LogP contribution in [0.3, 0.4) is 0 Å². The van der Waals surface area contributed by atoms with Gasteiger partial charge in [0, 0.05) is 0 Å². The first-order valence-corrected chi connectivity index (χ1v) is 5.70. The average Bonchev–Trinajstić information content (AvgIpc) is 2.35. The van der Waals surface area contributed by atoms with E-state index in [1.54, 1.807) is 25.5 Å². The third-order valence-electron chi connectivity index (χ3n) is 2.77. The molecule has 92 valence electrons. The van der Waals surface area contributed by atoms with Crippen LogP contribution < -0.4 is 0 Å². The number of benzene rings is 1. The minimum absolute atomic E-state index is 0.330. The number of allylic oxidation sites excluding steroid dienone is 1. The maximum absolute atomic E-state index is 10.7. The summed E-state index contributed by atoms with van der Waals surface area (Å²) in [4.78, 5) is 10.7. The molecule has 0 radical (unpaired) electrons. The zero-order valence-corrected chi connectivity index (χ0v) is 10.2.